The molecule has 0 saturated carbocycles. The Morgan fingerprint density at radius 2 is 1.45 bits per heavy atom. The van der Waals surface area contributed by atoms with Crippen LogP contribution in [0.15, 0.2) is 83.3 Å². The van der Waals surface area contributed by atoms with Crippen LogP contribution >= 0.6 is 0 Å². The maximum atomic E-state index is 13.2. The van der Waals surface area contributed by atoms with Crippen molar-refractivity contribution in [2.75, 3.05) is 11.4 Å². The van der Waals surface area contributed by atoms with Crippen molar-refractivity contribution in [3.05, 3.63) is 101 Å². The summed E-state index contributed by atoms with van der Waals surface area (Å²) in [4.78, 5) is 6.26. The fourth-order valence-corrected chi connectivity index (χ4v) is 4.10. The van der Waals surface area contributed by atoms with E-state index in [9.17, 15) is 31.4 Å². The van der Waals surface area contributed by atoms with Gasteiger partial charge in [0.05, 0.1) is 6.54 Å². The number of oxazole rings is 1. The SMILES string of the molecule is CCN(Cc1nc(-c2ccc(OCc3ccccc3)cc2)oc1C)c1ccc(C(O)(C(F)(F)F)C(F)(F)F)cc1. The third-order valence-corrected chi connectivity index (χ3v) is 6.44. The number of hydrogen-bond donors (Lipinski definition) is 1. The van der Waals surface area contributed by atoms with Crippen LogP contribution < -0.4 is 9.64 Å². The lowest BCUT2D eigenvalue weighted by Crippen LogP contribution is -2.53. The quantitative estimate of drug-likeness (QED) is 0.213. The molecule has 0 aliphatic carbocycles. The number of nitrogens with zero attached hydrogens (tertiary/aromatic N) is 2. The van der Waals surface area contributed by atoms with Crippen molar-refractivity contribution < 1.29 is 40.6 Å². The molecule has 0 bridgehead atoms. The summed E-state index contributed by atoms with van der Waals surface area (Å²) in [5.41, 5.74) is -3.66. The van der Waals surface area contributed by atoms with Crippen molar-refractivity contribution in [1.29, 1.82) is 0 Å². The van der Waals surface area contributed by atoms with E-state index in [2.05, 4.69) is 4.98 Å². The number of alkyl halides is 6. The Balaban J connectivity index is 1.48. The molecule has 1 N–H and O–H groups in total. The number of anilines is 1. The topological polar surface area (TPSA) is 58.7 Å². The maximum absolute atomic E-state index is 13.2. The highest BCUT2D eigenvalue weighted by atomic mass is 19.4. The minimum absolute atomic E-state index is 0.187. The molecule has 0 aliphatic rings. The van der Waals surface area contributed by atoms with Gasteiger partial charge in [-0.3, -0.25) is 0 Å². The van der Waals surface area contributed by atoms with Gasteiger partial charge in [0, 0.05) is 23.4 Å². The van der Waals surface area contributed by atoms with E-state index in [4.69, 9.17) is 9.15 Å². The number of ether oxygens (including phenoxy) is 1. The average molecular weight is 565 g/mol. The molecule has 0 unspecified atom stereocenters. The van der Waals surface area contributed by atoms with E-state index in [1.807, 2.05) is 30.3 Å². The standard InChI is InChI=1S/C29H26F6N2O3/c1-3-37(23-13-11-22(12-14-23)27(38,28(30,31)32)29(33,34)35)17-25-19(2)40-26(36-25)21-9-15-24(16-10-21)39-18-20-7-5-4-6-8-20/h4-16,38H,3,17-18H2,1-2H3. The van der Waals surface area contributed by atoms with Crippen LogP contribution in [0.2, 0.25) is 0 Å². The molecular weight excluding hydrogens is 538 g/mol. The molecule has 0 saturated heterocycles. The molecule has 4 rings (SSSR count). The fourth-order valence-electron chi connectivity index (χ4n) is 4.10. The second-order valence-corrected chi connectivity index (χ2v) is 9.09. The Morgan fingerprint density at radius 3 is 2.00 bits per heavy atom. The van der Waals surface area contributed by atoms with Crippen LogP contribution in [0.5, 0.6) is 5.75 Å². The predicted molar refractivity (Wildman–Crippen MR) is 137 cm³/mol. The second-order valence-electron chi connectivity index (χ2n) is 9.09. The Hall–Kier alpha value is -3.99. The largest absolute Gasteiger partial charge is 0.489 e. The molecule has 1 aromatic heterocycles. The maximum Gasteiger partial charge on any atom is 0.430 e. The highest BCUT2D eigenvalue weighted by Crippen LogP contribution is 2.50. The van der Waals surface area contributed by atoms with Crippen molar-refractivity contribution in [2.24, 2.45) is 0 Å². The van der Waals surface area contributed by atoms with E-state index >= 15 is 0 Å². The molecule has 0 fully saturated rings. The van der Waals surface area contributed by atoms with Crippen LogP contribution in [0, 0.1) is 6.92 Å². The first-order valence-electron chi connectivity index (χ1n) is 12.3. The van der Waals surface area contributed by atoms with Gasteiger partial charge >= 0.3 is 12.4 Å². The lowest BCUT2D eigenvalue weighted by Gasteiger charge is -2.33. The molecule has 3 aromatic carbocycles. The molecule has 5 nitrogen and oxygen atoms in total. The number of aromatic nitrogens is 1. The zero-order valence-corrected chi connectivity index (χ0v) is 21.6. The Bertz CT molecular complexity index is 1390. The molecule has 0 aliphatic heterocycles. The number of aliphatic hydroxyl groups is 1. The summed E-state index contributed by atoms with van der Waals surface area (Å²) < 4.78 is 90.9. The molecule has 0 spiro atoms. The van der Waals surface area contributed by atoms with Crippen LogP contribution in [-0.2, 0) is 18.8 Å². The normalized spacial score (nSPS) is 12.4. The van der Waals surface area contributed by atoms with Gasteiger partial charge in [-0.25, -0.2) is 4.98 Å². The monoisotopic (exact) mass is 564 g/mol. The summed E-state index contributed by atoms with van der Waals surface area (Å²) in [6.45, 7) is 4.47. The molecule has 4 aromatic rings. The van der Waals surface area contributed by atoms with Crippen molar-refractivity contribution in [1.82, 2.24) is 4.98 Å². The summed E-state index contributed by atoms with van der Waals surface area (Å²) >= 11 is 0. The van der Waals surface area contributed by atoms with Gasteiger partial charge < -0.3 is 19.2 Å². The molecular formula is C29H26F6N2O3. The number of aryl methyl sites for hydroxylation is 1. The van der Waals surface area contributed by atoms with E-state index in [0.29, 0.717) is 59.6 Å². The lowest BCUT2D eigenvalue weighted by molar-refractivity contribution is -0.376. The second kappa shape index (κ2) is 11.2. The summed E-state index contributed by atoms with van der Waals surface area (Å²) in [7, 11) is 0. The lowest BCUT2D eigenvalue weighted by atomic mass is 9.92. The highest BCUT2D eigenvalue weighted by Gasteiger charge is 2.71. The van der Waals surface area contributed by atoms with Gasteiger partial charge in [0.15, 0.2) is 0 Å². The Labute approximate surface area is 226 Å². The molecule has 11 heteroatoms. The average Bonchev–Trinajstić information content (AvgIpc) is 3.29. The summed E-state index contributed by atoms with van der Waals surface area (Å²) in [5.74, 6) is 1.53. The van der Waals surface area contributed by atoms with E-state index in [0.717, 1.165) is 17.7 Å². The van der Waals surface area contributed by atoms with Crippen molar-refractivity contribution in [3.63, 3.8) is 0 Å². The van der Waals surface area contributed by atoms with Crippen molar-refractivity contribution in [3.8, 4) is 17.2 Å². The van der Waals surface area contributed by atoms with Crippen LogP contribution in [0.4, 0.5) is 32.0 Å². The zero-order valence-electron chi connectivity index (χ0n) is 21.6. The predicted octanol–water partition coefficient (Wildman–Crippen LogP) is 7.57. The van der Waals surface area contributed by atoms with Gasteiger partial charge in [-0.05, 0) is 55.8 Å². The van der Waals surface area contributed by atoms with Gasteiger partial charge in [-0.1, -0.05) is 42.5 Å². The molecule has 0 atom stereocenters. The summed E-state index contributed by atoms with van der Waals surface area (Å²) in [6.07, 6.45) is -11.9. The number of hydrogen-bond acceptors (Lipinski definition) is 5. The number of rotatable bonds is 9. The Kier molecular flexibility index (Phi) is 8.15. The first-order chi connectivity index (χ1) is 18.8. The third kappa shape index (κ3) is 5.94. The van der Waals surface area contributed by atoms with Crippen LogP contribution in [-0.4, -0.2) is 29.0 Å². The molecule has 40 heavy (non-hydrogen) atoms. The van der Waals surface area contributed by atoms with E-state index in [1.165, 1.54) is 0 Å². The molecule has 0 radical (unpaired) electrons. The van der Waals surface area contributed by atoms with Gasteiger partial charge in [0.25, 0.3) is 5.60 Å². The summed E-state index contributed by atoms with van der Waals surface area (Å²) in [5, 5.41) is 9.63. The van der Waals surface area contributed by atoms with E-state index in [-0.39, 0.29) is 6.54 Å². The third-order valence-electron chi connectivity index (χ3n) is 6.44. The van der Waals surface area contributed by atoms with Crippen molar-refractivity contribution in [2.45, 2.75) is 45.0 Å². The smallest absolute Gasteiger partial charge is 0.430 e. The fraction of sp³-hybridized carbons (Fsp3) is 0.276. The first kappa shape index (κ1) is 29.0. The zero-order chi connectivity index (χ0) is 29.1. The minimum Gasteiger partial charge on any atom is -0.489 e. The highest BCUT2D eigenvalue weighted by molar-refractivity contribution is 5.56. The van der Waals surface area contributed by atoms with Crippen molar-refractivity contribution >= 4 is 5.69 Å². The molecule has 0 amide bonds. The first-order valence-corrected chi connectivity index (χ1v) is 12.3. The minimum atomic E-state index is -5.95. The van der Waals surface area contributed by atoms with Gasteiger partial charge in [-0.2, -0.15) is 26.3 Å². The van der Waals surface area contributed by atoms with Gasteiger partial charge in [0.2, 0.25) is 5.89 Å². The van der Waals surface area contributed by atoms with Crippen LogP contribution in [0.1, 0.15) is 29.5 Å². The number of halogens is 6. The van der Waals surface area contributed by atoms with Gasteiger partial charge in [0.1, 0.15) is 23.8 Å². The molecule has 212 valence electrons. The van der Waals surface area contributed by atoms with E-state index < -0.39 is 23.5 Å². The summed E-state index contributed by atoms with van der Waals surface area (Å²) in [6, 6.07) is 20.4. The molecule has 1 heterocycles. The Morgan fingerprint density at radius 1 is 0.850 bits per heavy atom. The van der Waals surface area contributed by atoms with E-state index in [1.54, 1.807) is 43.0 Å². The van der Waals surface area contributed by atoms with Gasteiger partial charge in [-0.15, -0.1) is 0 Å². The number of benzene rings is 3. The van der Waals surface area contributed by atoms with Crippen LogP contribution in [0.3, 0.4) is 0 Å². The van der Waals surface area contributed by atoms with Crippen LogP contribution in [0.25, 0.3) is 11.5 Å².